The van der Waals surface area contributed by atoms with E-state index in [0.717, 1.165) is 21.0 Å². The third-order valence-corrected chi connectivity index (χ3v) is 4.16. The zero-order valence-electron chi connectivity index (χ0n) is 12.1. The number of thiophene rings is 1. The number of hydrogen-bond acceptors (Lipinski definition) is 3. The van der Waals surface area contributed by atoms with Gasteiger partial charge in [-0.25, -0.2) is 0 Å². The first-order chi connectivity index (χ1) is 9.47. The van der Waals surface area contributed by atoms with E-state index in [2.05, 4.69) is 0 Å². The Kier molecular flexibility index (Phi) is 4.45. The van der Waals surface area contributed by atoms with Crippen molar-refractivity contribution in [2.24, 2.45) is 0 Å². The number of benzene rings is 1. The fourth-order valence-corrected chi connectivity index (χ4v) is 2.82. The average molecular weight is 288 g/mol. The molecule has 2 aromatic rings. The van der Waals surface area contributed by atoms with Crippen LogP contribution in [-0.4, -0.2) is 16.8 Å². The number of anilines is 1. The van der Waals surface area contributed by atoms with E-state index in [4.69, 9.17) is 5.73 Å². The van der Waals surface area contributed by atoms with Crippen molar-refractivity contribution < 1.29 is 4.79 Å². The fraction of sp³-hybridized carbons (Fsp3) is 0.312. The first-order valence-corrected chi connectivity index (χ1v) is 7.51. The van der Waals surface area contributed by atoms with Crippen LogP contribution in [0.4, 0.5) is 5.69 Å². The molecule has 0 unspecified atom stereocenters. The largest absolute Gasteiger partial charge is 0.399 e. The highest BCUT2D eigenvalue weighted by Crippen LogP contribution is 2.20. The molecule has 1 aromatic heterocycles. The molecule has 106 valence electrons. The Hall–Kier alpha value is -1.81. The summed E-state index contributed by atoms with van der Waals surface area (Å²) in [7, 11) is 0. The lowest BCUT2D eigenvalue weighted by Gasteiger charge is -2.26. The molecule has 0 fully saturated rings. The molecule has 0 saturated carbocycles. The Morgan fingerprint density at radius 2 is 1.85 bits per heavy atom. The maximum absolute atomic E-state index is 12.6. The van der Waals surface area contributed by atoms with Gasteiger partial charge in [-0.1, -0.05) is 12.1 Å². The van der Waals surface area contributed by atoms with E-state index >= 15 is 0 Å². The Balaban J connectivity index is 2.19. The number of nitrogen functional groups attached to an aromatic ring is 1. The van der Waals surface area contributed by atoms with Crippen LogP contribution in [0, 0.1) is 6.92 Å². The third kappa shape index (κ3) is 3.39. The average Bonchev–Trinajstić information content (AvgIpc) is 2.83. The minimum Gasteiger partial charge on any atom is -0.399 e. The van der Waals surface area contributed by atoms with Crippen molar-refractivity contribution in [2.45, 2.75) is 33.4 Å². The van der Waals surface area contributed by atoms with Gasteiger partial charge in [0.05, 0.1) is 4.88 Å². The van der Waals surface area contributed by atoms with Gasteiger partial charge in [0, 0.05) is 23.2 Å². The van der Waals surface area contributed by atoms with Gasteiger partial charge in [0.2, 0.25) is 0 Å². The van der Waals surface area contributed by atoms with E-state index in [1.54, 1.807) is 11.3 Å². The predicted octanol–water partition coefficient (Wildman–Crippen LogP) is 3.69. The molecular formula is C16H20N2OS. The van der Waals surface area contributed by atoms with Gasteiger partial charge < -0.3 is 10.6 Å². The summed E-state index contributed by atoms with van der Waals surface area (Å²) >= 11 is 1.54. The number of aryl methyl sites for hydroxylation is 1. The van der Waals surface area contributed by atoms with E-state index in [1.165, 1.54) is 0 Å². The maximum atomic E-state index is 12.6. The molecule has 0 radical (unpaired) electrons. The zero-order valence-corrected chi connectivity index (χ0v) is 12.9. The van der Waals surface area contributed by atoms with Crippen LogP contribution in [0.2, 0.25) is 0 Å². The van der Waals surface area contributed by atoms with E-state index in [-0.39, 0.29) is 11.9 Å². The Morgan fingerprint density at radius 3 is 2.35 bits per heavy atom. The second kappa shape index (κ2) is 6.09. The van der Waals surface area contributed by atoms with Crippen molar-refractivity contribution in [3.8, 4) is 0 Å². The highest BCUT2D eigenvalue weighted by molar-refractivity contribution is 7.13. The molecule has 2 N–H and O–H groups in total. The summed E-state index contributed by atoms with van der Waals surface area (Å²) in [6, 6.07) is 11.7. The molecule has 20 heavy (non-hydrogen) atoms. The maximum Gasteiger partial charge on any atom is 0.264 e. The molecule has 0 bridgehead atoms. The summed E-state index contributed by atoms with van der Waals surface area (Å²) in [6.07, 6.45) is 0. The Bertz CT molecular complexity index is 587. The molecule has 2 rings (SSSR count). The quantitative estimate of drug-likeness (QED) is 0.872. The van der Waals surface area contributed by atoms with Crippen LogP contribution in [0.5, 0.6) is 0 Å². The van der Waals surface area contributed by atoms with Crippen LogP contribution in [0.25, 0.3) is 0 Å². The highest BCUT2D eigenvalue weighted by atomic mass is 32.1. The lowest BCUT2D eigenvalue weighted by molar-refractivity contribution is 0.0695. The summed E-state index contributed by atoms with van der Waals surface area (Å²) in [5.74, 6) is 0.0925. The van der Waals surface area contributed by atoms with Gasteiger partial charge in [-0.05, 0) is 50.6 Å². The minimum atomic E-state index is 0.0925. The van der Waals surface area contributed by atoms with E-state index < -0.39 is 0 Å². The van der Waals surface area contributed by atoms with E-state index in [1.807, 2.05) is 62.1 Å². The first kappa shape index (κ1) is 14.6. The Labute approximate surface area is 124 Å². The minimum absolute atomic E-state index is 0.0925. The fourth-order valence-electron chi connectivity index (χ4n) is 2.00. The second-order valence-corrected chi connectivity index (χ2v) is 6.47. The molecule has 0 spiro atoms. The Morgan fingerprint density at radius 1 is 1.20 bits per heavy atom. The molecule has 0 aliphatic rings. The molecule has 0 saturated heterocycles. The molecule has 3 nitrogen and oxygen atoms in total. The number of nitrogens with two attached hydrogens (primary N) is 1. The summed E-state index contributed by atoms with van der Waals surface area (Å²) in [6.45, 7) is 6.69. The summed E-state index contributed by atoms with van der Waals surface area (Å²) < 4.78 is 0. The monoisotopic (exact) mass is 288 g/mol. The van der Waals surface area contributed by atoms with E-state index in [9.17, 15) is 4.79 Å². The summed E-state index contributed by atoms with van der Waals surface area (Å²) in [4.78, 5) is 16.4. The van der Waals surface area contributed by atoms with Crippen LogP contribution < -0.4 is 5.73 Å². The van der Waals surface area contributed by atoms with Gasteiger partial charge in [0.1, 0.15) is 0 Å². The van der Waals surface area contributed by atoms with Crippen molar-refractivity contribution in [1.29, 1.82) is 0 Å². The number of carbonyl (C=O) groups is 1. The van der Waals surface area contributed by atoms with Crippen LogP contribution >= 0.6 is 11.3 Å². The van der Waals surface area contributed by atoms with Crippen molar-refractivity contribution in [3.05, 3.63) is 51.7 Å². The van der Waals surface area contributed by atoms with Crippen LogP contribution in [0.1, 0.15) is 34.0 Å². The van der Waals surface area contributed by atoms with Gasteiger partial charge in [-0.2, -0.15) is 0 Å². The van der Waals surface area contributed by atoms with Gasteiger partial charge in [-0.3, -0.25) is 4.79 Å². The first-order valence-electron chi connectivity index (χ1n) is 6.69. The molecule has 0 aliphatic heterocycles. The zero-order chi connectivity index (χ0) is 14.7. The van der Waals surface area contributed by atoms with Crippen molar-refractivity contribution in [1.82, 2.24) is 4.90 Å². The summed E-state index contributed by atoms with van der Waals surface area (Å²) in [5, 5.41) is 0. The molecule has 1 amide bonds. The third-order valence-electron chi connectivity index (χ3n) is 3.17. The van der Waals surface area contributed by atoms with Gasteiger partial charge >= 0.3 is 0 Å². The normalized spacial score (nSPS) is 10.8. The highest BCUT2D eigenvalue weighted by Gasteiger charge is 2.20. The number of carbonyl (C=O) groups excluding carboxylic acids is 1. The van der Waals surface area contributed by atoms with E-state index in [0.29, 0.717) is 6.54 Å². The number of rotatable bonds is 4. The topological polar surface area (TPSA) is 46.3 Å². The number of nitrogens with zero attached hydrogens (tertiary/aromatic N) is 1. The summed E-state index contributed by atoms with van der Waals surface area (Å²) in [5.41, 5.74) is 7.52. The lowest BCUT2D eigenvalue weighted by atomic mass is 10.1. The predicted molar refractivity (Wildman–Crippen MR) is 84.9 cm³/mol. The van der Waals surface area contributed by atoms with Gasteiger partial charge in [0.25, 0.3) is 5.91 Å². The molecule has 4 heteroatoms. The second-order valence-electron chi connectivity index (χ2n) is 5.18. The molecule has 1 aromatic carbocycles. The van der Waals surface area contributed by atoms with Crippen LogP contribution in [-0.2, 0) is 6.54 Å². The standard InChI is InChI=1S/C16H20N2OS/c1-11(2)18(10-13-5-7-14(17)8-6-13)16(19)15-9-4-12(3)20-15/h4-9,11H,10,17H2,1-3H3. The van der Waals surface area contributed by atoms with Crippen LogP contribution in [0.3, 0.4) is 0 Å². The van der Waals surface area contributed by atoms with Crippen molar-refractivity contribution in [2.75, 3.05) is 5.73 Å². The molecule has 1 heterocycles. The number of hydrogen-bond donors (Lipinski definition) is 1. The molecular weight excluding hydrogens is 268 g/mol. The SMILES string of the molecule is Cc1ccc(C(=O)N(Cc2ccc(N)cc2)C(C)C)s1. The molecule has 0 aliphatic carbocycles. The van der Waals surface area contributed by atoms with Gasteiger partial charge in [0.15, 0.2) is 0 Å². The number of amides is 1. The lowest BCUT2D eigenvalue weighted by Crippen LogP contribution is -2.35. The smallest absolute Gasteiger partial charge is 0.264 e. The van der Waals surface area contributed by atoms with Crippen molar-refractivity contribution in [3.63, 3.8) is 0 Å². The van der Waals surface area contributed by atoms with Crippen LogP contribution in [0.15, 0.2) is 36.4 Å². The van der Waals surface area contributed by atoms with Crippen molar-refractivity contribution >= 4 is 22.9 Å². The molecule has 0 atom stereocenters. The van der Waals surface area contributed by atoms with Gasteiger partial charge in [-0.15, -0.1) is 11.3 Å².